The van der Waals surface area contributed by atoms with Gasteiger partial charge in [0.05, 0.1) is 5.70 Å². The SMILES string of the molecule is Fc1cc(F)c2c(c1)CC(C1=CNC(=S)[N]1)C2. The van der Waals surface area contributed by atoms with Crippen molar-refractivity contribution in [2.24, 2.45) is 5.92 Å². The smallest absolute Gasteiger partial charge is 0.197 e. The van der Waals surface area contributed by atoms with E-state index in [0.717, 1.165) is 17.3 Å². The Hall–Kier alpha value is -1.49. The molecule has 0 amide bonds. The summed E-state index contributed by atoms with van der Waals surface area (Å²) in [6.07, 6.45) is 2.91. The average molecular weight is 251 g/mol. The molecule has 0 fully saturated rings. The van der Waals surface area contributed by atoms with Gasteiger partial charge in [-0.15, -0.1) is 0 Å². The number of thiocarbonyl (C=S) groups is 1. The van der Waals surface area contributed by atoms with Gasteiger partial charge in [-0.1, -0.05) is 0 Å². The molecule has 0 spiro atoms. The van der Waals surface area contributed by atoms with Gasteiger partial charge in [0.25, 0.3) is 0 Å². The molecular weight excluding hydrogens is 242 g/mol. The highest BCUT2D eigenvalue weighted by Crippen LogP contribution is 2.33. The molecule has 17 heavy (non-hydrogen) atoms. The van der Waals surface area contributed by atoms with E-state index in [9.17, 15) is 8.78 Å². The largest absolute Gasteiger partial charge is 0.336 e. The predicted molar refractivity (Wildman–Crippen MR) is 63.2 cm³/mol. The zero-order valence-electron chi connectivity index (χ0n) is 8.84. The minimum atomic E-state index is -0.520. The van der Waals surface area contributed by atoms with Crippen molar-refractivity contribution >= 4 is 17.3 Å². The van der Waals surface area contributed by atoms with Crippen molar-refractivity contribution in [1.29, 1.82) is 0 Å². The molecule has 1 aromatic rings. The fraction of sp³-hybridized carbons (Fsp3) is 0.250. The van der Waals surface area contributed by atoms with Gasteiger partial charge in [0.2, 0.25) is 0 Å². The highest BCUT2D eigenvalue weighted by Gasteiger charge is 2.30. The van der Waals surface area contributed by atoms with Crippen LogP contribution >= 0.6 is 12.2 Å². The van der Waals surface area contributed by atoms with Crippen LogP contribution in [0.2, 0.25) is 0 Å². The molecule has 0 saturated heterocycles. The first-order valence-electron chi connectivity index (χ1n) is 5.32. The third-order valence-corrected chi connectivity index (χ3v) is 3.37. The summed E-state index contributed by atoms with van der Waals surface area (Å²) in [7, 11) is 0. The Morgan fingerprint density at radius 3 is 2.82 bits per heavy atom. The molecule has 0 bridgehead atoms. The molecule has 1 aromatic carbocycles. The predicted octanol–water partition coefficient (Wildman–Crippen LogP) is 2.01. The maximum absolute atomic E-state index is 13.6. The lowest BCUT2D eigenvalue weighted by molar-refractivity contribution is 0.569. The van der Waals surface area contributed by atoms with Crippen molar-refractivity contribution in [3.8, 4) is 0 Å². The third-order valence-electron chi connectivity index (χ3n) is 3.16. The van der Waals surface area contributed by atoms with Crippen LogP contribution < -0.4 is 10.6 Å². The standard InChI is InChI=1S/C12H9F2N2S/c13-8-2-6-1-7(3-9(6)10(14)4-8)11-5-15-12(17)16-11/h2,4-5,7H,1,3H2,(H,15,17). The molecule has 5 heteroatoms. The quantitative estimate of drug-likeness (QED) is 0.773. The number of fused-ring (bicyclic) bond motifs is 1. The van der Waals surface area contributed by atoms with Crippen LogP contribution in [-0.2, 0) is 12.8 Å². The fourth-order valence-corrected chi connectivity index (χ4v) is 2.55. The third kappa shape index (κ3) is 1.80. The van der Waals surface area contributed by atoms with Crippen LogP contribution in [0.15, 0.2) is 24.0 Å². The number of nitrogens with one attached hydrogen (secondary N) is 1. The second-order valence-electron chi connectivity index (χ2n) is 4.26. The summed E-state index contributed by atoms with van der Waals surface area (Å²) in [6, 6.07) is 2.34. The van der Waals surface area contributed by atoms with Crippen molar-refractivity contribution in [2.45, 2.75) is 12.8 Å². The summed E-state index contributed by atoms with van der Waals surface area (Å²) < 4.78 is 26.6. The van der Waals surface area contributed by atoms with Gasteiger partial charge in [0.1, 0.15) is 11.6 Å². The Kier molecular flexibility index (Phi) is 2.36. The van der Waals surface area contributed by atoms with E-state index < -0.39 is 11.6 Å². The minimum Gasteiger partial charge on any atom is -0.336 e. The molecule has 2 aliphatic rings. The van der Waals surface area contributed by atoms with Gasteiger partial charge in [0, 0.05) is 18.2 Å². The molecule has 87 valence electrons. The molecule has 1 atom stereocenters. The molecule has 1 unspecified atom stereocenters. The Bertz CT molecular complexity index is 540. The molecule has 1 radical (unpaired) electrons. The van der Waals surface area contributed by atoms with E-state index in [0.29, 0.717) is 23.5 Å². The van der Waals surface area contributed by atoms with Crippen molar-refractivity contribution in [3.05, 3.63) is 46.8 Å². The maximum Gasteiger partial charge on any atom is 0.197 e. The lowest BCUT2D eigenvalue weighted by Crippen LogP contribution is -2.18. The number of nitrogens with zero attached hydrogens (tertiary/aromatic N) is 1. The van der Waals surface area contributed by atoms with E-state index >= 15 is 0 Å². The second kappa shape index (κ2) is 3.77. The lowest BCUT2D eigenvalue weighted by atomic mass is 10.0. The van der Waals surface area contributed by atoms with E-state index in [2.05, 4.69) is 10.6 Å². The number of hydrogen-bond acceptors (Lipinski definition) is 1. The van der Waals surface area contributed by atoms with Gasteiger partial charge in [-0.05, 0) is 42.3 Å². The number of rotatable bonds is 1. The van der Waals surface area contributed by atoms with Gasteiger partial charge in [-0.2, -0.15) is 0 Å². The van der Waals surface area contributed by atoms with Crippen LogP contribution in [0.4, 0.5) is 8.78 Å². The van der Waals surface area contributed by atoms with Crippen molar-refractivity contribution < 1.29 is 8.78 Å². The number of halogens is 2. The normalized spacial score (nSPS) is 21.9. The minimum absolute atomic E-state index is 0.0919. The van der Waals surface area contributed by atoms with E-state index in [1.165, 1.54) is 6.07 Å². The highest BCUT2D eigenvalue weighted by molar-refractivity contribution is 7.80. The second-order valence-corrected chi connectivity index (χ2v) is 4.65. The van der Waals surface area contributed by atoms with Crippen LogP contribution in [-0.4, -0.2) is 5.11 Å². The summed E-state index contributed by atoms with van der Waals surface area (Å²) in [6.45, 7) is 0. The summed E-state index contributed by atoms with van der Waals surface area (Å²) in [5, 5.41) is 7.44. The summed E-state index contributed by atoms with van der Waals surface area (Å²) in [5.74, 6) is -0.890. The molecule has 1 heterocycles. The van der Waals surface area contributed by atoms with Crippen molar-refractivity contribution in [2.75, 3.05) is 0 Å². The van der Waals surface area contributed by atoms with Crippen LogP contribution in [0.25, 0.3) is 0 Å². The van der Waals surface area contributed by atoms with Gasteiger partial charge in [-0.25, -0.2) is 14.1 Å². The lowest BCUT2D eigenvalue weighted by Gasteiger charge is -2.07. The molecule has 3 rings (SSSR count). The van der Waals surface area contributed by atoms with Crippen LogP contribution in [0.1, 0.15) is 11.1 Å². The van der Waals surface area contributed by atoms with Gasteiger partial charge in [0.15, 0.2) is 5.11 Å². The van der Waals surface area contributed by atoms with Gasteiger partial charge in [-0.3, -0.25) is 0 Å². The Morgan fingerprint density at radius 1 is 1.29 bits per heavy atom. The first-order valence-corrected chi connectivity index (χ1v) is 5.73. The van der Waals surface area contributed by atoms with E-state index in [1.54, 1.807) is 6.20 Å². The average Bonchev–Trinajstić information content (AvgIpc) is 2.83. The Labute approximate surface area is 103 Å². The van der Waals surface area contributed by atoms with Gasteiger partial charge < -0.3 is 5.32 Å². The molecular formula is C12H9F2N2S. The van der Waals surface area contributed by atoms with Crippen molar-refractivity contribution in [3.63, 3.8) is 0 Å². The highest BCUT2D eigenvalue weighted by atomic mass is 32.1. The van der Waals surface area contributed by atoms with Crippen LogP contribution in [0.5, 0.6) is 0 Å². The van der Waals surface area contributed by atoms with Crippen LogP contribution in [0.3, 0.4) is 0 Å². The number of hydrogen-bond donors (Lipinski definition) is 1. The molecule has 0 aromatic heterocycles. The molecule has 2 nitrogen and oxygen atoms in total. The van der Waals surface area contributed by atoms with Gasteiger partial charge >= 0.3 is 0 Å². The molecule has 0 saturated carbocycles. The Balaban J connectivity index is 1.88. The number of allylic oxidation sites excluding steroid dienone is 1. The first-order chi connectivity index (χ1) is 8.13. The summed E-state index contributed by atoms with van der Waals surface area (Å²) >= 11 is 4.90. The maximum atomic E-state index is 13.6. The van der Waals surface area contributed by atoms with E-state index in [-0.39, 0.29) is 5.92 Å². The molecule has 1 aliphatic heterocycles. The van der Waals surface area contributed by atoms with Crippen molar-refractivity contribution in [1.82, 2.24) is 10.6 Å². The zero-order valence-corrected chi connectivity index (χ0v) is 9.65. The first kappa shape index (κ1) is 10.7. The monoisotopic (exact) mass is 251 g/mol. The fourth-order valence-electron chi connectivity index (χ4n) is 2.39. The molecule has 1 N–H and O–H groups in total. The number of benzene rings is 1. The summed E-state index contributed by atoms with van der Waals surface area (Å²) in [4.78, 5) is 0. The topological polar surface area (TPSA) is 26.1 Å². The summed E-state index contributed by atoms with van der Waals surface area (Å²) in [5.41, 5.74) is 2.16. The Morgan fingerprint density at radius 2 is 2.12 bits per heavy atom. The van der Waals surface area contributed by atoms with E-state index in [4.69, 9.17) is 12.2 Å². The van der Waals surface area contributed by atoms with E-state index in [1.807, 2.05) is 0 Å². The molecule has 1 aliphatic carbocycles. The zero-order chi connectivity index (χ0) is 12.0. The van der Waals surface area contributed by atoms with Crippen LogP contribution in [0, 0.1) is 17.6 Å².